The summed E-state index contributed by atoms with van der Waals surface area (Å²) in [4.78, 5) is 22.6. The standard InChI is InChI=1S/C13H14O6/c1-7(13(15)16)11(14)8-5-9(17-2)12(19-4)10(6-8)18-3/h5-6H,1H2,2-4H3,(H,15,16). The van der Waals surface area contributed by atoms with Crippen LogP contribution >= 0.6 is 0 Å². The van der Waals surface area contributed by atoms with E-state index < -0.39 is 17.3 Å². The molecule has 0 aromatic heterocycles. The molecule has 102 valence electrons. The second kappa shape index (κ2) is 5.90. The van der Waals surface area contributed by atoms with Crippen molar-refractivity contribution in [1.29, 1.82) is 0 Å². The zero-order valence-electron chi connectivity index (χ0n) is 10.9. The lowest BCUT2D eigenvalue weighted by atomic mass is 10.0. The Labute approximate surface area is 110 Å². The van der Waals surface area contributed by atoms with Gasteiger partial charge in [0.1, 0.15) is 5.57 Å². The van der Waals surface area contributed by atoms with Gasteiger partial charge in [0, 0.05) is 5.56 Å². The van der Waals surface area contributed by atoms with Gasteiger partial charge in [-0.15, -0.1) is 0 Å². The van der Waals surface area contributed by atoms with Crippen molar-refractivity contribution in [2.24, 2.45) is 0 Å². The van der Waals surface area contributed by atoms with Crippen molar-refractivity contribution in [3.05, 3.63) is 29.8 Å². The van der Waals surface area contributed by atoms with E-state index in [9.17, 15) is 9.59 Å². The number of ether oxygens (including phenoxy) is 3. The van der Waals surface area contributed by atoms with Crippen molar-refractivity contribution in [1.82, 2.24) is 0 Å². The Morgan fingerprint density at radius 2 is 1.53 bits per heavy atom. The second-order valence-corrected chi connectivity index (χ2v) is 3.53. The number of carboxylic acid groups (broad SMARTS) is 1. The van der Waals surface area contributed by atoms with E-state index >= 15 is 0 Å². The third-order valence-corrected chi connectivity index (χ3v) is 2.46. The summed E-state index contributed by atoms with van der Waals surface area (Å²) in [7, 11) is 4.23. The van der Waals surface area contributed by atoms with Gasteiger partial charge in [-0.25, -0.2) is 4.79 Å². The minimum absolute atomic E-state index is 0.0990. The maximum Gasteiger partial charge on any atom is 0.339 e. The minimum atomic E-state index is -1.38. The predicted octanol–water partition coefficient (Wildman–Crippen LogP) is 1.54. The summed E-state index contributed by atoms with van der Waals surface area (Å²) in [5.41, 5.74) is -0.434. The largest absolute Gasteiger partial charge is 0.493 e. The number of benzene rings is 1. The fraction of sp³-hybridized carbons (Fsp3) is 0.231. The molecule has 0 aliphatic rings. The molecular weight excluding hydrogens is 252 g/mol. The van der Waals surface area contributed by atoms with Crippen LogP contribution in [0.1, 0.15) is 10.4 Å². The van der Waals surface area contributed by atoms with Gasteiger partial charge in [-0.2, -0.15) is 0 Å². The average molecular weight is 266 g/mol. The Morgan fingerprint density at radius 1 is 1.05 bits per heavy atom. The Bertz CT molecular complexity index is 507. The van der Waals surface area contributed by atoms with Gasteiger partial charge in [-0.05, 0) is 12.1 Å². The van der Waals surface area contributed by atoms with Crippen molar-refractivity contribution in [2.75, 3.05) is 21.3 Å². The fourth-order valence-corrected chi connectivity index (χ4v) is 1.48. The molecule has 0 spiro atoms. The Hall–Kier alpha value is -2.50. The van der Waals surface area contributed by atoms with Crippen LogP contribution in [0.25, 0.3) is 0 Å². The SMILES string of the molecule is C=C(C(=O)O)C(=O)c1cc(OC)c(OC)c(OC)c1. The maximum atomic E-state index is 11.9. The Balaban J connectivity index is 3.34. The molecule has 0 bridgehead atoms. The van der Waals surface area contributed by atoms with Gasteiger partial charge in [0.05, 0.1) is 21.3 Å². The van der Waals surface area contributed by atoms with Crippen LogP contribution in [0.5, 0.6) is 17.2 Å². The molecule has 0 atom stereocenters. The number of rotatable bonds is 6. The van der Waals surface area contributed by atoms with E-state index in [0.717, 1.165) is 0 Å². The number of aliphatic carboxylic acids is 1. The van der Waals surface area contributed by atoms with Crippen LogP contribution in [-0.2, 0) is 4.79 Å². The van der Waals surface area contributed by atoms with E-state index in [1.807, 2.05) is 0 Å². The lowest BCUT2D eigenvalue weighted by molar-refractivity contribution is -0.132. The van der Waals surface area contributed by atoms with E-state index in [-0.39, 0.29) is 17.1 Å². The van der Waals surface area contributed by atoms with Gasteiger partial charge < -0.3 is 19.3 Å². The first-order valence-corrected chi connectivity index (χ1v) is 5.23. The molecule has 0 aliphatic heterocycles. The van der Waals surface area contributed by atoms with E-state index in [1.165, 1.54) is 33.5 Å². The van der Waals surface area contributed by atoms with Gasteiger partial charge in [-0.3, -0.25) is 4.79 Å². The van der Waals surface area contributed by atoms with E-state index in [2.05, 4.69) is 6.58 Å². The van der Waals surface area contributed by atoms with Crippen LogP contribution in [0.3, 0.4) is 0 Å². The number of hydrogen-bond acceptors (Lipinski definition) is 5. The average Bonchev–Trinajstić information content (AvgIpc) is 2.43. The number of methoxy groups -OCH3 is 3. The monoisotopic (exact) mass is 266 g/mol. The summed E-state index contributed by atoms with van der Waals surface area (Å²) in [6.45, 7) is 3.22. The molecule has 0 aliphatic carbocycles. The molecule has 1 aromatic rings. The summed E-state index contributed by atoms with van der Waals surface area (Å²) >= 11 is 0. The van der Waals surface area contributed by atoms with Gasteiger partial charge in [0.25, 0.3) is 0 Å². The highest BCUT2D eigenvalue weighted by atomic mass is 16.5. The molecule has 0 fully saturated rings. The number of Topliss-reactive ketones (excluding diaryl/α,β-unsaturated/α-hetero) is 1. The van der Waals surface area contributed by atoms with Gasteiger partial charge in [0.15, 0.2) is 17.3 Å². The summed E-state index contributed by atoms with van der Waals surface area (Å²) < 4.78 is 15.3. The molecule has 0 amide bonds. The molecular formula is C13H14O6. The minimum Gasteiger partial charge on any atom is -0.493 e. The molecule has 6 heteroatoms. The number of carboxylic acids is 1. The summed E-state index contributed by atoms with van der Waals surface area (Å²) in [6, 6.07) is 2.75. The van der Waals surface area contributed by atoms with Crippen molar-refractivity contribution in [3.63, 3.8) is 0 Å². The highest BCUT2D eigenvalue weighted by Gasteiger charge is 2.21. The number of carbonyl (C=O) groups is 2. The van der Waals surface area contributed by atoms with Crippen molar-refractivity contribution in [3.8, 4) is 17.2 Å². The molecule has 1 aromatic carbocycles. The first kappa shape index (κ1) is 14.6. The third-order valence-electron chi connectivity index (χ3n) is 2.46. The Kier molecular flexibility index (Phi) is 4.52. The van der Waals surface area contributed by atoms with E-state index in [4.69, 9.17) is 19.3 Å². The Morgan fingerprint density at radius 3 is 1.84 bits per heavy atom. The van der Waals surface area contributed by atoms with Crippen LogP contribution in [-0.4, -0.2) is 38.2 Å². The predicted molar refractivity (Wildman–Crippen MR) is 67.2 cm³/mol. The van der Waals surface area contributed by atoms with E-state index in [1.54, 1.807) is 0 Å². The topological polar surface area (TPSA) is 82.1 Å². The normalized spacial score (nSPS) is 9.63. The van der Waals surface area contributed by atoms with Crippen LogP contribution in [0, 0.1) is 0 Å². The fourth-order valence-electron chi connectivity index (χ4n) is 1.48. The van der Waals surface area contributed by atoms with Gasteiger partial charge in [0.2, 0.25) is 5.75 Å². The van der Waals surface area contributed by atoms with Crippen LogP contribution in [0.15, 0.2) is 24.3 Å². The van der Waals surface area contributed by atoms with Crippen LogP contribution in [0.4, 0.5) is 0 Å². The zero-order chi connectivity index (χ0) is 14.6. The highest BCUT2D eigenvalue weighted by Crippen LogP contribution is 2.38. The molecule has 0 saturated heterocycles. The van der Waals surface area contributed by atoms with Crippen molar-refractivity contribution < 1.29 is 28.9 Å². The molecule has 6 nitrogen and oxygen atoms in total. The molecule has 1 rings (SSSR count). The molecule has 0 saturated carbocycles. The number of carbonyl (C=O) groups excluding carboxylic acids is 1. The first-order valence-electron chi connectivity index (χ1n) is 5.23. The summed E-state index contributed by atoms with van der Waals surface area (Å²) in [5.74, 6) is -1.24. The quantitative estimate of drug-likeness (QED) is 0.364. The molecule has 0 radical (unpaired) electrons. The van der Waals surface area contributed by atoms with Crippen molar-refractivity contribution in [2.45, 2.75) is 0 Å². The molecule has 19 heavy (non-hydrogen) atoms. The van der Waals surface area contributed by atoms with Crippen LogP contribution in [0.2, 0.25) is 0 Å². The zero-order valence-corrected chi connectivity index (χ0v) is 10.9. The summed E-state index contributed by atoms with van der Waals surface area (Å²) in [5, 5.41) is 8.76. The highest BCUT2D eigenvalue weighted by molar-refractivity contribution is 6.23. The lowest BCUT2D eigenvalue weighted by Gasteiger charge is -2.13. The lowest BCUT2D eigenvalue weighted by Crippen LogP contribution is -2.11. The van der Waals surface area contributed by atoms with E-state index in [0.29, 0.717) is 5.75 Å². The van der Waals surface area contributed by atoms with Crippen molar-refractivity contribution >= 4 is 11.8 Å². The first-order chi connectivity index (χ1) is 8.96. The number of ketones is 1. The summed E-state index contributed by atoms with van der Waals surface area (Å²) in [6.07, 6.45) is 0. The molecule has 0 heterocycles. The van der Waals surface area contributed by atoms with Gasteiger partial charge >= 0.3 is 5.97 Å². The second-order valence-electron chi connectivity index (χ2n) is 3.53. The smallest absolute Gasteiger partial charge is 0.339 e. The molecule has 1 N–H and O–H groups in total. The van der Waals surface area contributed by atoms with Gasteiger partial charge in [-0.1, -0.05) is 6.58 Å². The number of hydrogen-bond donors (Lipinski definition) is 1. The van der Waals surface area contributed by atoms with Crippen LogP contribution < -0.4 is 14.2 Å². The maximum absolute atomic E-state index is 11.9. The molecule has 0 unspecified atom stereocenters. The third kappa shape index (κ3) is 2.85.